The molecule has 8 aromatic rings. The molecule has 0 fully saturated rings. The van der Waals surface area contributed by atoms with Crippen LogP contribution in [0, 0.1) is 41.5 Å². The lowest BCUT2D eigenvalue weighted by Gasteiger charge is -2.19. The summed E-state index contributed by atoms with van der Waals surface area (Å²) in [6.45, 7) is 7.31. The van der Waals surface area contributed by atoms with Crippen LogP contribution in [0.15, 0.2) is 72.8 Å². The van der Waals surface area contributed by atoms with Gasteiger partial charge in [0.2, 0.25) is 0 Å². The second kappa shape index (κ2) is 25.0. The Morgan fingerprint density at radius 2 is 0.655 bits per heavy atom. The summed E-state index contributed by atoms with van der Waals surface area (Å²) in [5, 5.41) is 175. The zero-order valence-corrected chi connectivity index (χ0v) is 47.1. The van der Waals surface area contributed by atoms with Gasteiger partial charge in [0.15, 0.2) is 0 Å². The van der Waals surface area contributed by atoms with Crippen molar-refractivity contribution in [3.05, 3.63) is 190 Å². The quantitative estimate of drug-likeness (QED) is 0.0318. The van der Waals surface area contributed by atoms with Crippen LogP contribution in [0.25, 0.3) is 0 Å². The van der Waals surface area contributed by atoms with Gasteiger partial charge in [-0.2, -0.15) is 0 Å². The maximum Gasteiger partial charge on any atom is 0.128 e. The van der Waals surface area contributed by atoms with E-state index < -0.39 is 19.0 Å². The molecule has 0 amide bonds. The number of benzene rings is 8. The molecular weight excluding hydrogens is 1080 g/mol. The van der Waals surface area contributed by atoms with Crippen molar-refractivity contribution in [2.45, 2.75) is 113 Å². The van der Waals surface area contributed by atoms with Crippen molar-refractivity contribution in [3.63, 3.8) is 0 Å². The van der Waals surface area contributed by atoms with Crippen LogP contribution in [0.4, 0.5) is 0 Å². The summed E-state index contributed by atoms with van der Waals surface area (Å²) in [5.74, 6) is -4.27. The highest BCUT2D eigenvalue weighted by molar-refractivity contribution is 5.61. The van der Waals surface area contributed by atoms with Gasteiger partial charge in [-0.05, 0) is 146 Å². The molecule has 19 heteroatoms. The molecule has 0 aliphatic heterocycles. The molecule has 0 spiro atoms. The second-order valence-electron chi connectivity index (χ2n) is 21.1. The maximum absolute atomic E-state index is 11.6. The number of rotatable bonds is 21. The van der Waals surface area contributed by atoms with E-state index >= 15 is 0 Å². The number of phenolic OH excluding ortho intramolecular Hbond substituents is 14. The van der Waals surface area contributed by atoms with E-state index in [4.69, 9.17) is 14.2 Å². The van der Waals surface area contributed by atoms with E-state index in [1.807, 2.05) is 13.8 Å². The minimum absolute atomic E-state index is 0.000414. The topological polar surface area (TPSA) is 351 Å². The number of aryl methyl sites for hydroxylation is 2. The predicted octanol–water partition coefficient (Wildman–Crippen LogP) is 10.1. The molecule has 19 nitrogen and oxygen atoms in total. The Bertz CT molecular complexity index is 3850. The van der Waals surface area contributed by atoms with E-state index in [0.717, 1.165) is 11.1 Å². The molecule has 84 heavy (non-hydrogen) atoms. The van der Waals surface area contributed by atoms with Crippen LogP contribution >= 0.6 is 0 Å². The summed E-state index contributed by atoms with van der Waals surface area (Å²) in [6, 6.07) is 17.4. The van der Waals surface area contributed by atoms with E-state index in [2.05, 4.69) is 0 Å². The van der Waals surface area contributed by atoms with Gasteiger partial charge in [0.25, 0.3) is 0 Å². The normalized spacial score (nSPS) is 11.5. The zero-order valence-electron chi connectivity index (χ0n) is 47.1. The number of aliphatic hydroxyl groups is 1. The third kappa shape index (κ3) is 12.2. The Morgan fingerprint density at radius 1 is 0.250 bits per heavy atom. The molecule has 0 heterocycles. The summed E-state index contributed by atoms with van der Waals surface area (Å²) in [7, 11) is 0. The van der Waals surface area contributed by atoms with Gasteiger partial charge in [-0.15, -0.1) is 0 Å². The van der Waals surface area contributed by atoms with Crippen molar-refractivity contribution in [2.24, 2.45) is 0 Å². The minimum atomic E-state index is -0.549. The Labute approximate surface area is 483 Å². The van der Waals surface area contributed by atoms with Gasteiger partial charge in [-0.1, -0.05) is 18.2 Å². The van der Waals surface area contributed by atoms with Crippen molar-refractivity contribution in [1.82, 2.24) is 0 Å². The highest BCUT2D eigenvalue weighted by Crippen LogP contribution is 2.44. The smallest absolute Gasteiger partial charge is 0.128 e. The number of aromatic hydroxyl groups is 15. The highest BCUT2D eigenvalue weighted by Gasteiger charge is 2.25. The van der Waals surface area contributed by atoms with E-state index in [9.17, 15) is 81.7 Å². The first-order valence-electron chi connectivity index (χ1n) is 26.7. The first-order valence-corrected chi connectivity index (χ1v) is 26.7. The number of hydrogen-bond acceptors (Lipinski definition) is 19. The zero-order chi connectivity index (χ0) is 61.2. The molecule has 0 saturated carbocycles. The van der Waals surface area contributed by atoms with Crippen LogP contribution in [-0.2, 0) is 86.1 Å². The van der Waals surface area contributed by atoms with Crippen LogP contribution in [0.3, 0.4) is 0 Å². The van der Waals surface area contributed by atoms with E-state index in [1.54, 1.807) is 25.1 Å². The van der Waals surface area contributed by atoms with E-state index in [-0.39, 0.29) is 223 Å². The standard InChI is InChI=1S/C65H68O19/c1-30-7-11-51(67)44(32(30)3)19-41-15-31(2)57(73)50(65(41)81)29-82-24-38-10-14-52(68)45(64(38)80)20-42-18-43(59(75)35(6)58(42)74)25-83-27-48-53(69)13-9-37(63(48)79)17-40-22-56(72)34(5)61(77)47(40)26-84-28-49-54(70)12-8-36(62(49)78)16-39-21-55(71)33(4)60(76)46(39)23-66/h7-15,18,21-22,66-81H,16-17,19-20,23-29H2,1-6H3. The van der Waals surface area contributed by atoms with Crippen molar-refractivity contribution in [1.29, 1.82) is 0 Å². The molecule has 0 saturated heterocycles. The van der Waals surface area contributed by atoms with Crippen molar-refractivity contribution < 1.29 is 95.9 Å². The number of ether oxygens (including phenoxy) is 3. The van der Waals surface area contributed by atoms with Crippen LogP contribution < -0.4 is 0 Å². The molecule has 0 aromatic heterocycles. The fraction of sp³-hybridized carbons (Fsp3) is 0.262. The second-order valence-corrected chi connectivity index (χ2v) is 21.1. The van der Waals surface area contributed by atoms with Gasteiger partial charge in [0, 0.05) is 75.8 Å². The fourth-order valence-electron chi connectivity index (χ4n) is 10.3. The first kappa shape index (κ1) is 60.7. The number of aliphatic hydroxyl groups excluding tert-OH is 1. The van der Waals surface area contributed by atoms with Crippen LogP contribution in [0.1, 0.15) is 117 Å². The van der Waals surface area contributed by atoms with Crippen molar-refractivity contribution in [3.8, 4) is 86.2 Å². The van der Waals surface area contributed by atoms with Gasteiger partial charge in [-0.3, -0.25) is 0 Å². The predicted molar refractivity (Wildman–Crippen MR) is 308 cm³/mol. The largest absolute Gasteiger partial charge is 0.508 e. The van der Waals surface area contributed by atoms with Gasteiger partial charge < -0.3 is 95.9 Å². The van der Waals surface area contributed by atoms with E-state index in [0.29, 0.717) is 22.3 Å². The number of phenols is 15. The molecular formula is C65H68O19. The van der Waals surface area contributed by atoms with Gasteiger partial charge in [0.05, 0.1) is 62.9 Å². The van der Waals surface area contributed by atoms with Crippen molar-refractivity contribution in [2.75, 3.05) is 0 Å². The SMILES string of the molecule is Cc1ccc(O)c(Cc2cc(C)c(O)c(COCc3ccc(O)c(Cc4cc(COCc5c(O)ccc(Cc6cc(O)c(C)c(O)c6COCc6c(O)ccc(Cc7cc(O)c(C)c(O)c7CO)c6O)c5O)c(O)c(C)c4O)c3O)c2O)c1C. The Hall–Kier alpha value is -9.40. The molecule has 0 aliphatic rings. The summed E-state index contributed by atoms with van der Waals surface area (Å²) in [5.41, 5.74) is 5.67. The number of hydrogen-bond donors (Lipinski definition) is 16. The fourth-order valence-corrected chi connectivity index (χ4v) is 10.3. The Balaban J connectivity index is 0.947. The summed E-state index contributed by atoms with van der Waals surface area (Å²) in [4.78, 5) is 0. The van der Waals surface area contributed by atoms with Gasteiger partial charge in [-0.25, -0.2) is 0 Å². The third-order valence-corrected chi connectivity index (χ3v) is 15.8. The van der Waals surface area contributed by atoms with Crippen molar-refractivity contribution >= 4 is 0 Å². The highest BCUT2D eigenvalue weighted by atomic mass is 16.5. The summed E-state index contributed by atoms with van der Waals surface area (Å²) < 4.78 is 17.8. The molecule has 0 aliphatic carbocycles. The molecule has 0 radical (unpaired) electrons. The monoisotopic (exact) mass is 1150 g/mol. The molecule has 0 unspecified atom stereocenters. The molecule has 0 bridgehead atoms. The molecule has 16 N–H and O–H groups in total. The first-order chi connectivity index (χ1) is 39.8. The third-order valence-electron chi connectivity index (χ3n) is 15.8. The van der Waals surface area contributed by atoms with Crippen LogP contribution in [0.2, 0.25) is 0 Å². The van der Waals surface area contributed by atoms with Crippen LogP contribution in [0.5, 0.6) is 86.2 Å². The molecule has 0 atom stereocenters. The van der Waals surface area contributed by atoms with Crippen LogP contribution in [-0.4, -0.2) is 81.7 Å². The Kier molecular flexibility index (Phi) is 18.1. The van der Waals surface area contributed by atoms with Gasteiger partial charge >= 0.3 is 0 Å². The maximum atomic E-state index is 11.6. The molecule has 8 rings (SSSR count). The molecule has 442 valence electrons. The lowest BCUT2D eigenvalue weighted by atomic mass is 9.93. The minimum Gasteiger partial charge on any atom is -0.508 e. The lowest BCUT2D eigenvalue weighted by Crippen LogP contribution is -2.04. The lowest BCUT2D eigenvalue weighted by molar-refractivity contribution is 0.101. The summed E-state index contributed by atoms with van der Waals surface area (Å²) >= 11 is 0. The van der Waals surface area contributed by atoms with E-state index in [1.165, 1.54) is 75.4 Å². The average Bonchev–Trinajstić information content (AvgIpc) is 3.27. The molecule has 8 aromatic carbocycles. The van der Waals surface area contributed by atoms with Gasteiger partial charge in [0.1, 0.15) is 86.2 Å². The summed E-state index contributed by atoms with van der Waals surface area (Å²) in [6.07, 6.45) is -0.264. The average molecular weight is 1150 g/mol. The Morgan fingerprint density at radius 3 is 1.23 bits per heavy atom.